The maximum atomic E-state index is 14.1. The van der Waals surface area contributed by atoms with E-state index in [1.54, 1.807) is 24.3 Å². The van der Waals surface area contributed by atoms with Gasteiger partial charge in [-0.05, 0) is 48.5 Å². The monoisotopic (exact) mass is 276 g/mol. The van der Waals surface area contributed by atoms with Crippen molar-refractivity contribution < 1.29 is 18.3 Å². The van der Waals surface area contributed by atoms with Crippen molar-refractivity contribution in [3.05, 3.63) is 59.7 Å². The molecule has 20 heavy (non-hydrogen) atoms. The van der Waals surface area contributed by atoms with Crippen LogP contribution in [0.4, 0.5) is 8.78 Å². The first-order valence-corrected chi connectivity index (χ1v) is 6.00. The van der Waals surface area contributed by atoms with Gasteiger partial charge in [-0.25, -0.2) is 8.78 Å². The lowest BCUT2D eigenvalue weighted by atomic mass is 10.1. The molecule has 0 amide bonds. The molecule has 0 atom stereocenters. The lowest BCUT2D eigenvalue weighted by Crippen LogP contribution is -1.87. The van der Waals surface area contributed by atoms with Gasteiger partial charge in [0.05, 0.1) is 14.2 Å². The van der Waals surface area contributed by atoms with Crippen LogP contribution in [0, 0.1) is 0 Å². The van der Waals surface area contributed by atoms with Crippen LogP contribution in [0.3, 0.4) is 0 Å². The Balaban J connectivity index is 2.32. The van der Waals surface area contributed by atoms with Gasteiger partial charge < -0.3 is 9.47 Å². The molecule has 0 heterocycles. The second kappa shape index (κ2) is 6.19. The van der Waals surface area contributed by atoms with E-state index in [4.69, 9.17) is 9.47 Å². The van der Waals surface area contributed by atoms with Crippen molar-refractivity contribution in [2.45, 2.75) is 0 Å². The zero-order chi connectivity index (χ0) is 14.5. The molecule has 0 aliphatic carbocycles. The van der Waals surface area contributed by atoms with Crippen LogP contribution >= 0.6 is 0 Å². The summed E-state index contributed by atoms with van der Waals surface area (Å²) in [6.45, 7) is 0. The topological polar surface area (TPSA) is 18.5 Å². The van der Waals surface area contributed by atoms with Gasteiger partial charge in [-0.3, -0.25) is 0 Å². The summed E-state index contributed by atoms with van der Waals surface area (Å²) in [5, 5.41) is 0. The lowest BCUT2D eigenvalue weighted by molar-refractivity contribution is 0.414. The molecule has 2 nitrogen and oxygen atoms in total. The first-order valence-electron chi connectivity index (χ1n) is 6.00. The molecule has 104 valence electrons. The molecule has 0 aliphatic rings. The highest BCUT2D eigenvalue weighted by Crippen LogP contribution is 2.30. The molecule has 0 saturated carbocycles. The first-order chi connectivity index (χ1) is 9.65. The minimum absolute atomic E-state index is 0.166. The fourth-order valence-corrected chi connectivity index (χ4v) is 1.73. The van der Waals surface area contributed by atoms with Crippen LogP contribution in [0.15, 0.2) is 48.5 Å². The van der Waals surface area contributed by atoms with Crippen molar-refractivity contribution >= 4 is 11.7 Å². The molecule has 0 aromatic heterocycles. The molecule has 4 heteroatoms. The Labute approximate surface area is 116 Å². The van der Waals surface area contributed by atoms with Gasteiger partial charge in [0.2, 0.25) is 0 Å². The normalized spacial score (nSPS) is 11.8. The number of rotatable bonds is 4. The SMILES string of the molecule is COc1ccc(C(F)=C(F)c2ccc(OC)cc2)cc1. The largest absolute Gasteiger partial charge is 0.497 e. The third-order valence-corrected chi connectivity index (χ3v) is 2.88. The van der Waals surface area contributed by atoms with Gasteiger partial charge >= 0.3 is 0 Å². The minimum Gasteiger partial charge on any atom is -0.497 e. The fourth-order valence-electron chi connectivity index (χ4n) is 1.73. The second-order valence-corrected chi connectivity index (χ2v) is 4.08. The molecule has 0 aliphatic heterocycles. The molecule has 0 saturated heterocycles. The third-order valence-electron chi connectivity index (χ3n) is 2.88. The molecule has 2 rings (SSSR count). The van der Waals surface area contributed by atoms with E-state index in [-0.39, 0.29) is 11.1 Å². The number of ether oxygens (including phenoxy) is 2. The Hall–Kier alpha value is -2.36. The Bertz CT molecular complexity index is 546. The molecule has 0 N–H and O–H groups in total. The Morgan fingerprint density at radius 1 is 0.650 bits per heavy atom. The average molecular weight is 276 g/mol. The van der Waals surface area contributed by atoms with E-state index in [1.165, 1.54) is 38.5 Å². The minimum atomic E-state index is -0.905. The first kappa shape index (κ1) is 14.1. The van der Waals surface area contributed by atoms with Gasteiger partial charge in [-0.15, -0.1) is 0 Å². The predicted molar refractivity (Wildman–Crippen MR) is 75.0 cm³/mol. The van der Waals surface area contributed by atoms with E-state index in [0.717, 1.165) is 0 Å². The molecule has 0 fully saturated rings. The predicted octanol–water partition coefficient (Wildman–Crippen LogP) is 4.47. The Morgan fingerprint density at radius 3 is 1.20 bits per heavy atom. The molecule has 0 radical (unpaired) electrons. The van der Waals surface area contributed by atoms with Crippen LogP contribution < -0.4 is 9.47 Å². The highest BCUT2D eigenvalue weighted by atomic mass is 19.2. The van der Waals surface area contributed by atoms with Crippen molar-refractivity contribution in [3.63, 3.8) is 0 Å². The Kier molecular flexibility index (Phi) is 4.35. The third kappa shape index (κ3) is 2.96. The molecular weight excluding hydrogens is 262 g/mol. The van der Waals surface area contributed by atoms with Crippen molar-refractivity contribution in [2.75, 3.05) is 14.2 Å². The van der Waals surface area contributed by atoms with Crippen molar-refractivity contribution in [3.8, 4) is 11.5 Å². The van der Waals surface area contributed by atoms with Crippen molar-refractivity contribution in [1.82, 2.24) is 0 Å². The van der Waals surface area contributed by atoms with E-state index in [9.17, 15) is 8.78 Å². The van der Waals surface area contributed by atoms with Gasteiger partial charge in [0.15, 0.2) is 11.7 Å². The van der Waals surface area contributed by atoms with Gasteiger partial charge in [0.25, 0.3) is 0 Å². The highest BCUT2D eigenvalue weighted by Gasteiger charge is 2.11. The quantitative estimate of drug-likeness (QED) is 0.767. The zero-order valence-corrected chi connectivity index (χ0v) is 11.2. The second-order valence-electron chi connectivity index (χ2n) is 4.08. The van der Waals surface area contributed by atoms with E-state index in [1.807, 2.05) is 0 Å². The maximum Gasteiger partial charge on any atom is 0.166 e. The fraction of sp³-hybridized carbons (Fsp3) is 0.125. The summed E-state index contributed by atoms with van der Waals surface area (Å²) >= 11 is 0. The van der Waals surface area contributed by atoms with E-state index >= 15 is 0 Å². The molecule has 0 bridgehead atoms. The van der Waals surface area contributed by atoms with Crippen LogP contribution in [-0.4, -0.2) is 14.2 Å². The number of halogens is 2. The molecule has 2 aromatic rings. The van der Waals surface area contributed by atoms with Crippen LogP contribution in [-0.2, 0) is 0 Å². The van der Waals surface area contributed by atoms with Gasteiger partial charge in [-0.1, -0.05) is 0 Å². The smallest absolute Gasteiger partial charge is 0.166 e. The number of methoxy groups -OCH3 is 2. The van der Waals surface area contributed by atoms with Crippen molar-refractivity contribution in [1.29, 1.82) is 0 Å². The molecular formula is C16H14F2O2. The number of hydrogen-bond acceptors (Lipinski definition) is 2. The molecule has 0 spiro atoms. The summed E-state index contributed by atoms with van der Waals surface area (Å²) < 4.78 is 38.1. The summed E-state index contributed by atoms with van der Waals surface area (Å²) in [4.78, 5) is 0. The van der Waals surface area contributed by atoms with Crippen LogP contribution in [0.25, 0.3) is 11.7 Å². The van der Waals surface area contributed by atoms with Crippen molar-refractivity contribution in [2.24, 2.45) is 0 Å². The van der Waals surface area contributed by atoms with E-state index in [2.05, 4.69) is 0 Å². The van der Waals surface area contributed by atoms with Gasteiger partial charge in [-0.2, -0.15) is 0 Å². The lowest BCUT2D eigenvalue weighted by Gasteiger charge is -2.05. The summed E-state index contributed by atoms with van der Waals surface area (Å²) in [6.07, 6.45) is 0. The Morgan fingerprint density at radius 2 is 0.950 bits per heavy atom. The van der Waals surface area contributed by atoms with Gasteiger partial charge in [0.1, 0.15) is 11.5 Å². The highest BCUT2D eigenvalue weighted by molar-refractivity contribution is 5.83. The van der Waals surface area contributed by atoms with E-state index < -0.39 is 11.7 Å². The number of hydrogen-bond donors (Lipinski definition) is 0. The summed E-state index contributed by atoms with van der Waals surface area (Å²) in [7, 11) is 3.03. The van der Waals surface area contributed by atoms with Crippen LogP contribution in [0.5, 0.6) is 11.5 Å². The summed E-state index contributed by atoms with van der Waals surface area (Å²) in [5.74, 6) is -0.631. The van der Waals surface area contributed by atoms with Crippen LogP contribution in [0.2, 0.25) is 0 Å². The zero-order valence-electron chi connectivity index (χ0n) is 11.2. The van der Waals surface area contributed by atoms with Gasteiger partial charge in [0, 0.05) is 11.1 Å². The summed E-state index contributed by atoms with van der Waals surface area (Å²) in [5.41, 5.74) is 0.332. The summed E-state index contributed by atoms with van der Waals surface area (Å²) in [6, 6.07) is 12.2. The standard InChI is InChI=1S/C16H14F2O2/c1-19-13-7-3-11(4-8-13)15(17)16(18)12-5-9-14(20-2)10-6-12/h3-10H,1-2H3. The molecule has 2 aromatic carbocycles. The average Bonchev–Trinajstić information content (AvgIpc) is 2.53. The number of benzene rings is 2. The maximum absolute atomic E-state index is 14.1. The van der Waals surface area contributed by atoms with Crippen LogP contribution in [0.1, 0.15) is 11.1 Å². The molecule has 0 unspecified atom stereocenters. The van der Waals surface area contributed by atoms with E-state index in [0.29, 0.717) is 11.5 Å².